The molecule has 0 aliphatic heterocycles. The predicted octanol–water partition coefficient (Wildman–Crippen LogP) is 2.68. The molecule has 0 aliphatic carbocycles. The van der Waals surface area contributed by atoms with E-state index in [1.807, 2.05) is 31.2 Å². The van der Waals surface area contributed by atoms with Gasteiger partial charge in [0.05, 0.1) is 24.2 Å². The number of thiazole rings is 1. The number of hydrogen-bond acceptors (Lipinski definition) is 4. The smallest absolute Gasteiger partial charge is 0.308 e. The van der Waals surface area contributed by atoms with Gasteiger partial charge in [0.1, 0.15) is 5.75 Å². The van der Waals surface area contributed by atoms with E-state index in [9.17, 15) is 4.79 Å². The van der Waals surface area contributed by atoms with Crippen LogP contribution in [0.25, 0.3) is 0 Å². The Morgan fingerprint density at radius 2 is 2.05 bits per heavy atom. The fourth-order valence-corrected chi connectivity index (χ4v) is 2.88. The van der Waals surface area contributed by atoms with Crippen molar-refractivity contribution in [2.45, 2.75) is 19.8 Å². The molecule has 100 valence electrons. The predicted molar refractivity (Wildman–Crippen MR) is 74.0 cm³/mol. The van der Waals surface area contributed by atoms with Crippen molar-refractivity contribution >= 4 is 17.3 Å². The number of aromatic nitrogens is 1. The first kappa shape index (κ1) is 13.5. The van der Waals surface area contributed by atoms with Crippen LogP contribution in [0, 0.1) is 6.92 Å². The lowest BCUT2D eigenvalue weighted by Crippen LogP contribution is -1.99. The van der Waals surface area contributed by atoms with Crippen LogP contribution in [0.5, 0.6) is 5.75 Å². The van der Waals surface area contributed by atoms with Gasteiger partial charge in [-0.25, -0.2) is 4.98 Å². The van der Waals surface area contributed by atoms with Crippen molar-refractivity contribution in [2.75, 3.05) is 7.11 Å². The van der Waals surface area contributed by atoms with Gasteiger partial charge in [0.15, 0.2) is 0 Å². The Kier molecular flexibility index (Phi) is 4.16. The fraction of sp³-hybridized carbons (Fsp3) is 0.286. The molecule has 0 radical (unpaired) electrons. The highest BCUT2D eigenvalue weighted by Crippen LogP contribution is 2.22. The normalized spacial score (nSPS) is 10.4. The number of aliphatic carboxylic acids is 1. The molecule has 0 unspecified atom stereocenters. The molecule has 0 saturated heterocycles. The van der Waals surface area contributed by atoms with Crippen molar-refractivity contribution in [1.29, 1.82) is 0 Å². The molecule has 4 nitrogen and oxygen atoms in total. The summed E-state index contributed by atoms with van der Waals surface area (Å²) in [5, 5.41) is 9.76. The maximum absolute atomic E-state index is 10.7. The molecule has 0 aliphatic rings. The van der Waals surface area contributed by atoms with Gasteiger partial charge in [0, 0.05) is 11.3 Å². The minimum absolute atomic E-state index is 0.0477. The SMILES string of the molecule is COc1ccc(Cc2nc(C)c(CC(=O)O)s2)cc1. The second-order valence-electron chi connectivity index (χ2n) is 4.21. The lowest BCUT2D eigenvalue weighted by atomic mass is 10.1. The standard InChI is InChI=1S/C14H15NO3S/c1-9-12(8-14(16)17)19-13(15-9)7-10-3-5-11(18-2)6-4-10/h3-6H,7-8H2,1-2H3,(H,16,17). The van der Waals surface area contributed by atoms with E-state index in [1.54, 1.807) is 7.11 Å². The molecule has 0 amide bonds. The molecule has 5 heteroatoms. The molecular formula is C14H15NO3S. The van der Waals surface area contributed by atoms with E-state index in [1.165, 1.54) is 11.3 Å². The third-order valence-electron chi connectivity index (χ3n) is 2.76. The Hall–Kier alpha value is -1.88. The quantitative estimate of drug-likeness (QED) is 0.912. The summed E-state index contributed by atoms with van der Waals surface area (Å²) in [7, 11) is 1.64. The molecule has 2 aromatic rings. The first-order chi connectivity index (χ1) is 9.08. The van der Waals surface area contributed by atoms with Gasteiger partial charge < -0.3 is 9.84 Å². The van der Waals surface area contributed by atoms with E-state index in [-0.39, 0.29) is 6.42 Å². The number of aryl methyl sites for hydroxylation is 1. The fourth-order valence-electron chi connectivity index (χ4n) is 1.78. The number of benzene rings is 1. The Balaban J connectivity index is 2.12. The molecule has 0 fully saturated rings. The summed E-state index contributed by atoms with van der Waals surface area (Å²) in [6.45, 7) is 1.85. The molecule has 1 N–H and O–H groups in total. The van der Waals surface area contributed by atoms with Gasteiger partial charge in [-0.2, -0.15) is 0 Å². The molecule has 0 atom stereocenters. The van der Waals surface area contributed by atoms with Crippen LogP contribution in [0.1, 0.15) is 21.1 Å². The van der Waals surface area contributed by atoms with Gasteiger partial charge in [-0.05, 0) is 24.6 Å². The van der Waals surface area contributed by atoms with Crippen molar-refractivity contribution in [1.82, 2.24) is 4.98 Å². The third-order valence-corrected chi connectivity index (χ3v) is 3.92. The van der Waals surface area contributed by atoms with Gasteiger partial charge in [0.2, 0.25) is 0 Å². The summed E-state index contributed by atoms with van der Waals surface area (Å²) in [6, 6.07) is 7.81. The zero-order valence-electron chi connectivity index (χ0n) is 10.8. The number of hydrogen-bond donors (Lipinski definition) is 1. The van der Waals surface area contributed by atoms with Crippen LogP contribution in [0.4, 0.5) is 0 Å². The molecule has 1 heterocycles. The monoisotopic (exact) mass is 277 g/mol. The molecule has 0 bridgehead atoms. The highest BCUT2D eigenvalue weighted by Gasteiger charge is 2.11. The topological polar surface area (TPSA) is 59.4 Å². The van der Waals surface area contributed by atoms with E-state index in [0.29, 0.717) is 0 Å². The summed E-state index contributed by atoms with van der Waals surface area (Å²) in [4.78, 5) is 16.0. The Bertz CT molecular complexity index is 575. The third kappa shape index (κ3) is 3.54. The van der Waals surface area contributed by atoms with E-state index < -0.39 is 5.97 Å². The van der Waals surface area contributed by atoms with Crippen LogP contribution in [-0.4, -0.2) is 23.2 Å². The Morgan fingerprint density at radius 3 is 2.63 bits per heavy atom. The van der Waals surface area contributed by atoms with Crippen molar-refractivity contribution in [2.24, 2.45) is 0 Å². The summed E-state index contributed by atoms with van der Waals surface area (Å²) in [5.41, 5.74) is 1.95. The average molecular weight is 277 g/mol. The van der Waals surface area contributed by atoms with Crippen molar-refractivity contribution in [3.05, 3.63) is 45.4 Å². The van der Waals surface area contributed by atoms with Crippen LogP contribution < -0.4 is 4.74 Å². The molecule has 1 aromatic heterocycles. The molecule has 2 rings (SSSR count). The zero-order valence-corrected chi connectivity index (χ0v) is 11.7. The van der Waals surface area contributed by atoms with Gasteiger partial charge in [-0.3, -0.25) is 4.79 Å². The summed E-state index contributed by atoms with van der Waals surface area (Å²) in [6.07, 6.45) is 0.765. The zero-order chi connectivity index (χ0) is 13.8. The molecule has 0 spiro atoms. The minimum Gasteiger partial charge on any atom is -0.497 e. The van der Waals surface area contributed by atoms with E-state index in [0.717, 1.165) is 33.3 Å². The maximum Gasteiger partial charge on any atom is 0.308 e. The highest BCUT2D eigenvalue weighted by atomic mass is 32.1. The van der Waals surface area contributed by atoms with Gasteiger partial charge in [0.25, 0.3) is 0 Å². The average Bonchev–Trinajstić information content (AvgIpc) is 2.70. The number of nitrogens with zero attached hydrogens (tertiary/aromatic N) is 1. The number of carboxylic acids is 1. The van der Waals surface area contributed by atoms with Crippen molar-refractivity contribution in [3.8, 4) is 5.75 Å². The van der Waals surface area contributed by atoms with Crippen LogP contribution in [-0.2, 0) is 17.6 Å². The summed E-state index contributed by atoms with van der Waals surface area (Å²) in [5.74, 6) is 0.00776. The number of rotatable bonds is 5. The van der Waals surface area contributed by atoms with E-state index in [2.05, 4.69) is 4.98 Å². The first-order valence-electron chi connectivity index (χ1n) is 5.88. The molecule has 0 saturated carbocycles. The number of carboxylic acid groups (broad SMARTS) is 1. The minimum atomic E-state index is -0.817. The lowest BCUT2D eigenvalue weighted by Gasteiger charge is -2.01. The summed E-state index contributed by atoms with van der Waals surface area (Å²) >= 11 is 1.47. The van der Waals surface area contributed by atoms with Crippen molar-refractivity contribution in [3.63, 3.8) is 0 Å². The Labute approximate surface area is 115 Å². The molecular weight excluding hydrogens is 262 g/mol. The van der Waals surface area contributed by atoms with Crippen molar-refractivity contribution < 1.29 is 14.6 Å². The first-order valence-corrected chi connectivity index (χ1v) is 6.70. The maximum atomic E-state index is 10.7. The molecule has 19 heavy (non-hydrogen) atoms. The second-order valence-corrected chi connectivity index (χ2v) is 5.38. The lowest BCUT2D eigenvalue weighted by molar-refractivity contribution is -0.136. The van der Waals surface area contributed by atoms with Gasteiger partial charge >= 0.3 is 5.97 Å². The number of methoxy groups -OCH3 is 1. The van der Waals surface area contributed by atoms with Crippen LogP contribution in [0.2, 0.25) is 0 Å². The van der Waals surface area contributed by atoms with Crippen LogP contribution >= 0.6 is 11.3 Å². The van der Waals surface area contributed by atoms with E-state index in [4.69, 9.17) is 9.84 Å². The van der Waals surface area contributed by atoms with Crippen LogP contribution in [0.15, 0.2) is 24.3 Å². The number of ether oxygens (including phenoxy) is 1. The van der Waals surface area contributed by atoms with Gasteiger partial charge in [-0.15, -0.1) is 11.3 Å². The van der Waals surface area contributed by atoms with Gasteiger partial charge in [-0.1, -0.05) is 12.1 Å². The second kappa shape index (κ2) is 5.84. The van der Waals surface area contributed by atoms with E-state index >= 15 is 0 Å². The summed E-state index contributed by atoms with van der Waals surface area (Å²) < 4.78 is 5.11. The van der Waals surface area contributed by atoms with Crippen LogP contribution in [0.3, 0.4) is 0 Å². The molecule has 1 aromatic carbocycles. The number of carbonyl (C=O) groups is 1. The highest BCUT2D eigenvalue weighted by molar-refractivity contribution is 7.11. The Morgan fingerprint density at radius 1 is 1.37 bits per heavy atom. The largest absolute Gasteiger partial charge is 0.497 e.